The second-order valence-electron chi connectivity index (χ2n) is 6.68. The molecule has 1 aliphatic rings. The Hall–Kier alpha value is -1.75. The molecule has 1 fully saturated rings. The number of β-amino-alcohol motifs (C(OH)–C–C–N with tert-alkyl or cyclic N) is 1. The van der Waals surface area contributed by atoms with E-state index in [4.69, 9.17) is 0 Å². The number of rotatable bonds is 6. The summed E-state index contributed by atoms with van der Waals surface area (Å²) in [6.45, 7) is 7.20. The van der Waals surface area contributed by atoms with E-state index in [1.807, 2.05) is 42.7 Å². The van der Waals surface area contributed by atoms with Crippen molar-refractivity contribution in [2.75, 3.05) is 32.7 Å². The highest BCUT2D eigenvalue weighted by Crippen LogP contribution is 2.18. The lowest BCUT2D eigenvalue weighted by atomic mass is 10.1. The Morgan fingerprint density at radius 1 is 1.12 bits per heavy atom. The zero-order valence-corrected chi connectivity index (χ0v) is 14.4. The van der Waals surface area contributed by atoms with Crippen molar-refractivity contribution in [2.45, 2.75) is 25.5 Å². The molecule has 2 aromatic rings. The molecule has 0 saturated carbocycles. The van der Waals surface area contributed by atoms with Crippen molar-refractivity contribution >= 4 is 0 Å². The van der Waals surface area contributed by atoms with Crippen LogP contribution in [-0.2, 0) is 6.42 Å². The van der Waals surface area contributed by atoms with Gasteiger partial charge in [-0.1, -0.05) is 30.3 Å². The standard InChI is InChI=1S/C20H27N3O/c1-17-15-22(12-9-18-7-10-21-11-8-18)13-14-23(17)16-20(24)19-5-3-2-4-6-19/h2-8,10-11,17,20,24H,9,12-16H2,1H3/t17-,20+/m1/s1. The fraction of sp³-hybridized carbons (Fsp3) is 0.450. The second-order valence-corrected chi connectivity index (χ2v) is 6.68. The molecule has 1 aromatic carbocycles. The van der Waals surface area contributed by atoms with Gasteiger partial charge >= 0.3 is 0 Å². The lowest BCUT2D eigenvalue weighted by molar-refractivity contribution is 0.0393. The minimum atomic E-state index is -0.406. The SMILES string of the molecule is C[C@@H]1CN(CCc2ccncc2)CCN1C[C@H](O)c1ccccc1. The van der Waals surface area contributed by atoms with Crippen LogP contribution in [0.25, 0.3) is 0 Å². The summed E-state index contributed by atoms with van der Waals surface area (Å²) in [6, 6.07) is 14.6. The quantitative estimate of drug-likeness (QED) is 0.885. The normalized spacial score (nSPS) is 20.8. The molecule has 2 atom stereocenters. The van der Waals surface area contributed by atoms with Gasteiger partial charge in [0.05, 0.1) is 6.10 Å². The van der Waals surface area contributed by atoms with Gasteiger partial charge < -0.3 is 10.0 Å². The van der Waals surface area contributed by atoms with Crippen molar-refractivity contribution in [3.05, 3.63) is 66.0 Å². The summed E-state index contributed by atoms with van der Waals surface area (Å²) >= 11 is 0. The van der Waals surface area contributed by atoms with Crippen molar-refractivity contribution in [1.82, 2.24) is 14.8 Å². The molecule has 1 aliphatic heterocycles. The largest absolute Gasteiger partial charge is 0.387 e. The van der Waals surface area contributed by atoms with Gasteiger partial charge in [0.2, 0.25) is 0 Å². The van der Waals surface area contributed by atoms with Crippen molar-refractivity contribution in [3.63, 3.8) is 0 Å². The van der Waals surface area contributed by atoms with Crippen LogP contribution in [0.5, 0.6) is 0 Å². The molecule has 3 rings (SSSR count). The number of hydrogen-bond donors (Lipinski definition) is 1. The van der Waals surface area contributed by atoms with Crippen molar-refractivity contribution in [2.24, 2.45) is 0 Å². The van der Waals surface area contributed by atoms with E-state index in [2.05, 4.69) is 33.8 Å². The lowest BCUT2D eigenvalue weighted by Gasteiger charge is -2.40. The molecular weight excluding hydrogens is 298 g/mol. The minimum absolute atomic E-state index is 0.406. The van der Waals surface area contributed by atoms with Crippen LogP contribution in [0.3, 0.4) is 0 Å². The van der Waals surface area contributed by atoms with E-state index in [9.17, 15) is 5.11 Å². The Bertz CT molecular complexity index is 605. The summed E-state index contributed by atoms with van der Waals surface area (Å²) < 4.78 is 0. The Labute approximate surface area is 144 Å². The van der Waals surface area contributed by atoms with E-state index in [0.29, 0.717) is 12.6 Å². The Balaban J connectivity index is 1.46. The predicted octanol–water partition coefficient (Wildman–Crippen LogP) is 2.36. The summed E-state index contributed by atoms with van der Waals surface area (Å²) in [5.41, 5.74) is 2.35. The number of aliphatic hydroxyl groups excluding tert-OH is 1. The monoisotopic (exact) mass is 325 g/mol. The van der Waals surface area contributed by atoms with Crippen LogP contribution in [0.15, 0.2) is 54.9 Å². The zero-order valence-electron chi connectivity index (χ0n) is 14.4. The van der Waals surface area contributed by atoms with Gasteiger partial charge in [-0.05, 0) is 36.6 Å². The molecular formula is C20H27N3O. The number of aromatic nitrogens is 1. The van der Waals surface area contributed by atoms with Crippen LogP contribution in [0.1, 0.15) is 24.2 Å². The average Bonchev–Trinajstić information content (AvgIpc) is 2.63. The van der Waals surface area contributed by atoms with E-state index in [-0.39, 0.29) is 0 Å². The molecule has 0 radical (unpaired) electrons. The van der Waals surface area contributed by atoms with E-state index < -0.39 is 6.10 Å². The number of nitrogens with zero attached hydrogens (tertiary/aromatic N) is 3. The highest BCUT2D eigenvalue weighted by Gasteiger charge is 2.25. The maximum atomic E-state index is 10.4. The fourth-order valence-electron chi connectivity index (χ4n) is 3.38. The number of pyridine rings is 1. The van der Waals surface area contributed by atoms with Gasteiger partial charge in [0.15, 0.2) is 0 Å². The first kappa shape index (κ1) is 17.1. The molecule has 1 saturated heterocycles. The Morgan fingerprint density at radius 2 is 1.88 bits per heavy atom. The highest BCUT2D eigenvalue weighted by molar-refractivity contribution is 5.17. The van der Waals surface area contributed by atoms with Gasteiger partial charge in [-0.25, -0.2) is 0 Å². The molecule has 0 bridgehead atoms. The van der Waals surface area contributed by atoms with E-state index in [1.165, 1.54) is 5.56 Å². The second kappa shape index (κ2) is 8.38. The van der Waals surface area contributed by atoms with Crippen molar-refractivity contribution < 1.29 is 5.11 Å². The third-order valence-electron chi connectivity index (χ3n) is 4.91. The topological polar surface area (TPSA) is 39.6 Å². The molecule has 24 heavy (non-hydrogen) atoms. The van der Waals surface area contributed by atoms with Gasteiger partial charge in [-0.3, -0.25) is 9.88 Å². The fourth-order valence-corrected chi connectivity index (χ4v) is 3.38. The number of piperazine rings is 1. The van der Waals surface area contributed by atoms with Crippen LogP contribution in [-0.4, -0.2) is 58.7 Å². The van der Waals surface area contributed by atoms with E-state index in [1.54, 1.807) is 0 Å². The first-order valence-electron chi connectivity index (χ1n) is 8.80. The third-order valence-corrected chi connectivity index (χ3v) is 4.91. The Morgan fingerprint density at radius 3 is 2.58 bits per heavy atom. The maximum Gasteiger partial charge on any atom is 0.0917 e. The predicted molar refractivity (Wildman–Crippen MR) is 96.8 cm³/mol. The maximum absolute atomic E-state index is 10.4. The molecule has 128 valence electrons. The van der Waals surface area contributed by atoms with Crippen LogP contribution in [0.2, 0.25) is 0 Å². The summed E-state index contributed by atoms with van der Waals surface area (Å²) in [6.07, 6.45) is 4.39. The molecule has 4 nitrogen and oxygen atoms in total. The van der Waals surface area contributed by atoms with Gasteiger partial charge in [-0.2, -0.15) is 0 Å². The average molecular weight is 325 g/mol. The molecule has 0 amide bonds. The van der Waals surface area contributed by atoms with Gasteiger partial charge in [0.1, 0.15) is 0 Å². The summed E-state index contributed by atoms with van der Waals surface area (Å²) in [5, 5.41) is 10.4. The molecule has 0 aliphatic carbocycles. The highest BCUT2D eigenvalue weighted by atomic mass is 16.3. The van der Waals surface area contributed by atoms with Gasteiger partial charge in [-0.15, -0.1) is 0 Å². The first-order chi connectivity index (χ1) is 11.7. The van der Waals surface area contributed by atoms with Crippen molar-refractivity contribution in [3.8, 4) is 0 Å². The Kier molecular flexibility index (Phi) is 5.96. The zero-order chi connectivity index (χ0) is 16.8. The van der Waals surface area contributed by atoms with Crippen molar-refractivity contribution in [1.29, 1.82) is 0 Å². The summed E-state index contributed by atoms with van der Waals surface area (Å²) in [4.78, 5) is 9.00. The molecule has 1 N–H and O–H groups in total. The molecule has 0 unspecified atom stereocenters. The molecule has 1 aromatic heterocycles. The van der Waals surface area contributed by atoms with Crippen LogP contribution in [0.4, 0.5) is 0 Å². The number of benzene rings is 1. The number of aliphatic hydroxyl groups is 1. The van der Waals surface area contributed by atoms with Gasteiger partial charge in [0.25, 0.3) is 0 Å². The van der Waals surface area contributed by atoms with Gasteiger partial charge in [0, 0.05) is 51.2 Å². The smallest absolute Gasteiger partial charge is 0.0917 e. The minimum Gasteiger partial charge on any atom is -0.387 e. The number of hydrogen-bond acceptors (Lipinski definition) is 4. The summed E-state index contributed by atoms with van der Waals surface area (Å²) in [5.74, 6) is 0. The first-order valence-corrected chi connectivity index (χ1v) is 8.80. The molecule has 2 heterocycles. The summed E-state index contributed by atoms with van der Waals surface area (Å²) in [7, 11) is 0. The van der Waals surface area contributed by atoms with Crippen LogP contribution < -0.4 is 0 Å². The van der Waals surface area contributed by atoms with Crippen LogP contribution in [0, 0.1) is 0 Å². The molecule has 0 spiro atoms. The molecule has 4 heteroatoms. The van der Waals surface area contributed by atoms with E-state index in [0.717, 1.165) is 38.2 Å². The van der Waals surface area contributed by atoms with Crippen LogP contribution >= 0.6 is 0 Å². The van der Waals surface area contributed by atoms with E-state index >= 15 is 0 Å². The third kappa shape index (κ3) is 4.63. The lowest BCUT2D eigenvalue weighted by Crippen LogP contribution is -2.53.